The van der Waals surface area contributed by atoms with Crippen molar-refractivity contribution in [1.29, 1.82) is 0 Å². The summed E-state index contributed by atoms with van der Waals surface area (Å²) in [6, 6.07) is 14.2. The molecule has 0 fully saturated rings. The quantitative estimate of drug-likeness (QED) is 0.541. The van der Waals surface area contributed by atoms with Crippen molar-refractivity contribution in [3.8, 4) is 5.69 Å². The molecule has 1 N–H and O–H groups in total. The molecule has 4 aromatic rings. The second-order valence-electron chi connectivity index (χ2n) is 7.65. The van der Waals surface area contributed by atoms with Crippen molar-refractivity contribution in [2.24, 2.45) is 0 Å². The summed E-state index contributed by atoms with van der Waals surface area (Å²) >= 11 is 0. The molecule has 0 aliphatic rings. The first-order chi connectivity index (χ1) is 14.8. The molecular formula is C24H23N3O4. The van der Waals surface area contributed by atoms with Crippen LogP contribution in [0.1, 0.15) is 22.5 Å². The molecule has 0 saturated heterocycles. The van der Waals surface area contributed by atoms with Crippen molar-refractivity contribution in [2.75, 3.05) is 0 Å². The lowest BCUT2D eigenvalue weighted by Crippen LogP contribution is -2.41. The first-order valence-electron chi connectivity index (χ1n) is 9.98. The molecule has 0 atom stereocenters. The Labute approximate surface area is 178 Å². The second kappa shape index (κ2) is 8.10. The molecule has 31 heavy (non-hydrogen) atoms. The maximum atomic E-state index is 13.4. The fourth-order valence-electron chi connectivity index (χ4n) is 3.53. The molecule has 7 nitrogen and oxygen atoms in total. The Balaban J connectivity index is 1.83. The lowest BCUT2D eigenvalue weighted by molar-refractivity contribution is -0.121. The average molecular weight is 417 g/mol. The SMILES string of the molecule is Cc1ccc2c(c1)c(=O)n(-c1ccc(C)c(C)c1)c(=O)n2CC(=O)NCc1ccco1. The van der Waals surface area contributed by atoms with Crippen LogP contribution in [0.5, 0.6) is 0 Å². The minimum absolute atomic E-state index is 0.217. The van der Waals surface area contributed by atoms with Gasteiger partial charge in [-0.05, 0) is 68.3 Å². The number of benzene rings is 2. The molecule has 2 aromatic carbocycles. The Morgan fingerprint density at radius 2 is 1.81 bits per heavy atom. The Kier molecular flexibility index (Phi) is 5.33. The van der Waals surface area contributed by atoms with Crippen LogP contribution < -0.4 is 16.6 Å². The van der Waals surface area contributed by atoms with Crippen molar-refractivity contribution >= 4 is 16.8 Å². The summed E-state index contributed by atoms with van der Waals surface area (Å²) in [6.45, 7) is 5.77. The van der Waals surface area contributed by atoms with E-state index in [1.807, 2.05) is 32.9 Å². The number of carbonyl (C=O) groups is 1. The molecule has 2 aromatic heterocycles. The van der Waals surface area contributed by atoms with Gasteiger partial charge < -0.3 is 9.73 Å². The highest BCUT2D eigenvalue weighted by atomic mass is 16.3. The molecule has 0 aliphatic heterocycles. The third-order valence-corrected chi connectivity index (χ3v) is 5.39. The van der Waals surface area contributed by atoms with Gasteiger partial charge in [-0.2, -0.15) is 0 Å². The maximum Gasteiger partial charge on any atom is 0.336 e. The molecule has 0 aliphatic carbocycles. The Bertz CT molecular complexity index is 1400. The molecule has 4 rings (SSSR count). The van der Waals surface area contributed by atoms with Gasteiger partial charge in [-0.3, -0.25) is 14.2 Å². The van der Waals surface area contributed by atoms with Gasteiger partial charge in [0.05, 0.1) is 29.4 Å². The van der Waals surface area contributed by atoms with Crippen molar-refractivity contribution in [1.82, 2.24) is 14.5 Å². The fourth-order valence-corrected chi connectivity index (χ4v) is 3.53. The van der Waals surface area contributed by atoms with Gasteiger partial charge >= 0.3 is 5.69 Å². The van der Waals surface area contributed by atoms with Crippen LogP contribution >= 0.6 is 0 Å². The lowest BCUT2D eigenvalue weighted by Gasteiger charge is -2.15. The fraction of sp³-hybridized carbons (Fsp3) is 0.208. The molecule has 1 amide bonds. The normalized spacial score (nSPS) is 11.1. The molecule has 0 unspecified atom stereocenters. The molecule has 0 radical (unpaired) electrons. The van der Waals surface area contributed by atoms with E-state index in [2.05, 4.69) is 5.32 Å². The maximum absolute atomic E-state index is 13.4. The molecule has 158 valence electrons. The van der Waals surface area contributed by atoms with E-state index in [-0.39, 0.29) is 19.0 Å². The van der Waals surface area contributed by atoms with E-state index in [4.69, 9.17) is 4.42 Å². The zero-order valence-corrected chi connectivity index (χ0v) is 17.6. The summed E-state index contributed by atoms with van der Waals surface area (Å²) in [6.07, 6.45) is 1.53. The summed E-state index contributed by atoms with van der Waals surface area (Å²) in [4.78, 5) is 39.2. The number of aryl methyl sites for hydroxylation is 3. The van der Waals surface area contributed by atoms with E-state index in [9.17, 15) is 14.4 Å². The largest absolute Gasteiger partial charge is 0.467 e. The number of fused-ring (bicyclic) bond motifs is 1. The number of nitrogens with zero attached hydrogens (tertiary/aromatic N) is 2. The molecule has 0 spiro atoms. The number of hydrogen-bond donors (Lipinski definition) is 1. The minimum atomic E-state index is -0.558. The van der Waals surface area contributed by atoms with Gasteiger partial charge in [0, 0.05) is 0 Å². The Morgan fingerprint density at radius 3 is 2.52 bits per heavy atom. The zero-order valence-electron chi connectivity index (χ0n) is 17.6. The summed E-state index contributed by atoms with van der Waals surface area (Å²) in [5, 5.41) is 3.13. The van der Waals surface area contributed by atoms with Crippen LogP contribution in [0, 0.1) is 20.8 Å². The topological polar surface area (TPSA) is 86.2 Å². The van der Waals surface area contributed by atoms with Crippen molar-refractivity contribution in [2.45, 2.75) is 33.9 Å². The monoisotopic (exact) mass is 417 g/mol. The van der Waals surface area contributed by atoms with Crippen LogP contribution in [-0.2, 0) is 17.9 Å². The molecular weight excluding hydrogens is 394 g/mol. The van der Waals surface area contributed by atoms with Crippen LogP contribution in [0.2, 0.25) is 0 Å². The number of aromatic nitrogens is 2. The predicted octanol–water partition coefficient (Wildman–Crippen LogP) is 2.99. The summed E-state index contributed by atoms with van der Waals surface area (Å²) in [5.41, 5.74) is 2.86. The van der Waals surface area contributed by atoms with Gasteiger partial charge in [0.2, 0.25) is 5.91 Å². The van der Waals surface area contributed by atoms with Crippen LogP contribution in [0.4, 0.5) is 0 Å². The number of carbonyl (C=O) groups excluding carboxylic acids is 1. The molecule has 0 bridgehead atoms. The zero-order chi connectivity index (χ0) is 22.1. The van der Waals surface area contributed by atoms with Gasteiger partial charge in [0.25, 0.3) is 5.56 Å². The van der Waals surface area contributed by atoms with Gasteiger partial charge in [-0.1, -0.05) is 17.7 Å². The van der Waals surface area contributed by atoms with Crippen molar-refractivity contribution in [3.63, 3.8) is 0 Å². The van der Waals surface area contributed by atoms with E-state index in [0.717, 1.165) is 21.3 Å². The predicted molar refractivity (Wildman–Crippen MR) is 119 cm³/mol. The number of amides is 1. The van der Waals surface area contributed by atoms with Gasteiger partial charge in [-0.25, -0.2) is 9.36 Å². The Morgan fingerprint density at radius 1 is 1.00 bits per heavy atom. The number of hydrogen-bond acceptors (Lipinski definition) is 4. The van der Waals surface area contributed by atoms with Gasteiger partial charge in [0.1, 0.15) is 12.3 Å². The van der Waals surface area contributed by atoms with Gasteiger partial charge in [-0.15, -0.1) is 0 Å². The highest BCUT2D eigenvalue weighted by Gasteiger charge is 2.17. The minimum Gasteiger partial charge on any atom is -0.467 e. The highest BCUT2D eigenvalue weighted by Crippen LogP contribution is 2.15. The summed E-state index contributed by atoms with van der Waals surface area (Å²) < 4.78 is 7.70. The van der Waals surface area contributed by atoms with Gasteiger partial charge in [0.15, 0.2) is 0 Å². The Hall–Kier alpha value is -3.87. The third kappa shape index (κ3) is 3.94. The van der Waals surface area contributed by atoms with E-state index in [1.165, 1.54) is 10.8 Å². The van der Waals surface area contributed by atoms with Crippen molar-refractivity contribution in [3.05, 3.63) is 98.1 Å². The van der Waals surface area contributed by atoms with Crippen LogP contribution in [0.3, 0.4) is 0 Å². The average Bonchev–Trinajstić information content (AvgIpc) is 3.26. The number of rotatable bonds is 5. The van der Waals surface area contributed by atoms with Crippen LogP contribution in [-0.4, -0.2) is 15.0 Å². The first kappa shape index (κ1) is 20.4. The third-order valence-electron chi connectivity index (χ3n) is 5.39. The van der Waals surface area contributed by atoms with E-state index in [0.29, 0.717) is 22.4 Å². The van der Waals surface area contributed by atoms with E-state index in [1.54, 1.807) is 36.4 Å². The number of furan rings is 1. The van der Waals surface area contributed by atoms with Crippen molar-refractivity contribution < 1.29 is 9.21 Å². The van der Waals surface area contributed by atoms with Crippen LogP contribution in [0.25, 0.3) is 16.6 Å². The number of nitrogens with one attached hydrogen (secondary N) is 1. The standard InChI is InChI=1S/C24H23N3O4/c1-15-6-9-21-20(11-15)23(29)27(18-8-7-16(2)17(3)12-18)24(30)26(21)14-22(28)25-13-19-5-4-10-31-19/h4-12H,13-14H2,1-3H3,(H,25,28). The summed E-state index contributed by atoms with van der Waals surface area (Å²) in [7, 11) is 0. The highest BCUT2D eigenvalue weighted by molar-refractivity contribution is 5.82. The first-order valence-corrected chi connectivity index (χ1v) is 9.98. The van der Waals surface area contributed by atoms with Crippen LogP contribution in [0.15, 0.2) is 68.8 Å². The smallest absolute Gasteiger partial charge is 0.336 e. The summed E-state index contributed by atoms with van der Waals surface area (Å²) in [5.74, 6) is 0.256. The van der Waals surface area contributed by atoms with E-state index < -0.39 is 11.2 Å². The second-order valence-corrected chi connectivity index (χ2v) is 7.65. The molecule has 2 heterocycles. The lowest BCUT2D eigenvalue weighted by atomic mass is 10.1. The molecule has 7 heteroatoms. The molecule has 0 saturated carbocycles. The van der Waals surface area contributed by atoms with E-state index >= 15 is 0 Å².